The molecule has 2 aromatic rings. The van der Waals surface area contributed by atoms with E-state index in [1.165, 1.54) is 18.3 Å². The van der Waals surface area contributed by atoms with Crippen LogP contribution in [0.15, 0.2) is 30.5 Å². The first-order valence-corrected chi connectivity index (χ1v) is 10.3. The quantitative estimate of drug-likeness (QED) is 0.825. The molecule has 1 aliphatic rings. The van der Waals surface area contributed by atoms with Crippen LogP contribution in [0.2, 0.25) is 0 Å². The Hall–Kier alpha value is -2.83. The Balaban J connectivity index is 1.74. The highest BCUT2D eigenvalue weighted by Crippen LogP contribution is 2.32. The normalized spacial score (nSPS) is 17.0. The molecule has 3 rings (SSSR count). The number of amides is 2. The van der Waals surface area contributed by atoms with E-state index in [1.807, 2.05) is 25.7 Å². The first kappa shape index (κ1) is 21.9. The fourth-order valence-electron chi connectivity index (χ4n) is 3.62. The number of carbonyl (C=O) groups is 2. The number of hydrogen-bond donors (Lipinski definition) is 1. The molecule has 160 valence electrons. The number of rotatable bonds is 4. The van der Waals surface area contributed by atoms with Crippen LogP contribution < -0.4 is 5.32 Å². The molecule has 1 aromatic carbocycles. The second-order valence-electron chi connectivity index (χ2n) is 8.80. The maximum atomic E-state index is 13.0. The third-order valence-corrected chi connectivity index (χ3v) is 5.31. The highest BCUT2D eigenvalue weighted by Gasteiger charge is 2.35. The highest BCUT2D eigenvalue weighted by atomic mass is 19.1. The van der Waals surface area contributed by atoms with Gasteiger partial charge in [-0.1, -0.05) is 32.9 Å². The van der Waals surface area contributed by atoms with E-state index < -0.39 is 5.41 Å². The number of hydrogen-bond acceptors (Lipinski definition) is 4. The Bertz CT molecular complexity index is 922. The maximum Gasteiger partial charge on any atom is 0.254 e. The van der Waals surface area contributed by atoms with E-state index in [0.717, 1.165) is 24.8 Å². The average molecular weight is 413 g/mol. The molecule has 7 heteroatoms. The van der Waals surface area contributed by atoms with Crippen molar-refractivity contribution in [2.45, 2.75) is 59.5 Å². The van der Waals surface area contributed by atoms with Gasteiger partial charge >= 0.3 is 0 Å². The second kappa shape index (κ2) is 8.90. The second-order valence-corrected chi connectivity index (χ2v) is 8.80. The van der Waals surface area contributed by atoms with Gasteiger partial charge in [-0.15, -0.1) is 0 Å². The van der Waals surface area contributed by atoms with Gasteiger partial charge in [-0.25, -0.2) is 14.4 Å². The van der Waals surface area contributed by atoms with E-state index in [-0.39, 0.29) is 30.2 Å². The first-order valence-electron chi connectivity index (χ1n) is 10.3. The van der Waals surface area contributed by atoms with Crippen LogP contribution in [-0.4, -0.2) is 33.2 Å². The van der Waals surface area contributed by atoms with Crippen molar-refractivity contribution < 1.29 is 14.0 Å². The molecule has 1 fully saturated rings. The minimum absolute atomic E-state index is 0.0922. The van der Waals surface area contributed by atoms with Gasteiger partial charge in [0.15, 0.2) is 5.82 Å². The van der Waals surface area contributed by atoms with Gasteiger partial charge in [-0.3, -0.25) is 9.59 Å². The number of halogens is 1. The highest BCUT2D eigenvalue weighted by molar-refractivity contribution is 5.94. The summed E-state index contributed by atoms with van der Waals surface area (Å²) in [6, 6.07) is 5.82. The van der Waals surface area contributed by atoms with Gasteiger partial charge in [0.05, 0.1) is 17.3 Å². The molecule has 1 saturated heterocycles. The first-order chi connectivity index (χ1) is 14.2. The summed E-state index contributed by atoms with van der Waals surface area (Å²) in [6.07, 6.45) is 4.34. The van der Waals surface area contributed by atoms with Crippen molar-refractivity contribution in [3.05, 3.63) is 58.9 Å². The molecule has 6 nitrogen and oxygen atoms in total. The number of carbonyl (C=O) groups excluding carboxylic acids is 2. The van der Waals surface area contributed by atoms with Gasteiger partial charge in [0.25, 0.3) is 5.91 Å². The van der Waals surface area contributed by atoms with Crippen molar-refractivity contribution in [3.63, 3.8) is 0 Å². The number of benzene rings is 1. The fourth-order valence-corrected chi connectivity index (χ4v) is 3.62. The Morgan fingerprint density at radius 2 is 1.90 bits per heavy atom. The summed E-state index contributed by atoms with van der Waals surface area (Å²) in [4.78, 5) is 36.4. The molecule has 0 unspecified atom stereocenters. The molecular formula is C23H29FN4O2. The Kier molecular flexibility index (Phi) is 6.48. The molecule has 1 aliphatic heterocycles. The summed E-state index contributed by atoms with van der Waals surface area (Å²) < 4.78 is 13.0. The molecule has 0 saturated carbocycles. The van der Waals surface area contributed by atoms with Crippen LogP contribution in [0.5, 0.6) is 0 Å². The van der Waals surface area contributed by atoms with Crippen LogP contribution >= 0.6 is 0 Å². The zero-order chi connectivity index (χ0) is 21.9. The number of aromatic nitrogens is 2. The van der Waals surface area contributed by atoms with Crippen LogP contribution in [0, 0.1) is 18.2 Å². The smallest absolute Gasteiger partial charge is 0.254 e. The number of piperidine rings is 1. The molecule has 2 heterocycles. The molecule has 2 amide bonds. The molecule has 0 bridgehead atoms. The Labute approximate surface area is 176 Å². The van der Waals surface area contributed by atoms with Crippen molar-refractivity contribution in [1.82, 2.24) is 20.2 Å². The van der Waals surface area contributed by atoms with E-state index in [4.69, 9.17) is 0 Å². The van der Waals surface area contributed by atoms with Gasteiger partial charge < -0.3 is 10.2 Å². The van der Waals surface area contributed by atoms with E-state index in [0.29, 0.717) is 23.6 Å². The maximum absolute atomic E-state index is 13.0. The van der Waals surface area contributed by atoms with Gasteiger partial charge in [0.2, 0.25) is 5.91 Å². The van der Waals surface area contributed by atoms with E-state index in [2.05, 4.69) is 15.3 Å². The van der Waals surface area contributed by atoms with Crippen LogP contribution in [0.1, 0.15) is 73.5 Å². The molecular weight excluding hydrogens is 383 g/mol. The molecule has 0 aliphatic carbocycles. The third kappa shape index (κ3) is 5.01. The van der Waals surface area contributed by atoms with Crippen molar-refractivity contribution in [2.24, 2.45) is 5.41 Å². The van der Waals surface area contributed by atoms with Gasteiger partial charge in [-0.2, -0.15) is 0 Å². The van der Waals surface area contributed by atoms with Crippen molar-refractivity contribution >= 4 is 11.8 Å². The lowest BCUT2D eigenvalue weighted by atomic mass is 9.91. The zero-order valence-corrected chi connectivity index (χ0v) is 18.0. The Morgan fingerprint density at radius 1 is 1.20 bits per heavy atom. The summed E-state index contributed by atoms with van der Waals surface area (Å²) in [5.74, 6) is 0.0794. The number of nitrogens with one attached hydrogen (secondary N) is 1. The minimum Gasteiger partial charge on any atom is -0.348 e. The zero-order valence-electron chi connectivity index (χ0n) is 18.0. The van der Waals surface area contributed by atoms with Crippen LogP contribution in [0.3, 0.4) is 0 Å². The summed E-state index contributed by atoms with van der Waals surface area (Å²) >= 11 is 0. The molecule has 1 aromatic heterocycles. The largest absolute Gasteiger partial charge is 0.348 e. The van der Waals surface area contributed by atoms with Gasteiger partial charge in [0.1, 0.15) is 5.82 Å². The lowest BCUT2D eigenvalue weighted by molar-refractivity contribution is -0.143. The van der Waals surface area contributed by atoms with Crippen LogP contribution in [0.4, 0.5) is 4.39 Å². The molecule has 0 radical (unpaired) electrons. The van der Waals surface area contributed by atoms with Crippen LogP contribution in [-0.2, 0) is 11.3 Å². The van der Waals surface area contributed by atoms with Crippen molar-refractivity contribution in [2.75, 3.05) is 6.54 Å². The number of nitrogens with zero attached hydrogens (tertiary/aromatic N) is 3. The van der Waals surface area contributed by atoms with Crippen molar-refractivity contribution in [1.29, 1.82) is 0 Å². The van der Waals surface area contributed by atoms with Gasteiger partial charge in [0, 0.05) is 24.7 Å². The topological polar surface area (TPSA) is 75.2 Å². The van der Waals surface area contributed by atoms with E-state index in [1.54, 1.807) is 19.1 Å². The minimum atomic E-state index is -0.467. The molecule has 30 heavy (non-hydrogen) atoms. The molecule has 1 atom stereocenters. The standard InChI is InChI=1S/C23H29FN4O2/c1-15-18(21(29)26-13-16-8-10-17(24)11-9-16)14-25-20(27-15)19-7-5-6-12-28(19)22(30)23(2,3)4/h8-11,14,19H,5-7,12-13H2,1-4H3,(H,26,29)/t19-/m0/s1. The predicted octanol–water partition coefficient (Wildman–Crippen LogP) is 3.95. The lowest BCUT2D eigenvalue weighted by Gasteiger charge is -2.38. The summed E-state index contributed by atoms with van der Waals surface area (Å²) in [5, 5.41) is 2.82. The average Bonchev–Trinajstić information content (AvgIpc) is 2.72. The summed E-state index contributed by atoms with van der Waals surface area (Å²) in [5.41, 5.74) is 1.30. The predicted molar refractivity (Wildman–Crippen MR) is 112 cm³/mol. The monoisotopic (exact) mass is 412 g/mol. The van der Waals surface area contributed by atoms with Crippen LogP contribution in [0.25, 0.3) is 0 Å². The van der Waals surface area contributed by atoms with Gasteiger partial charge in [-0.05, 0) is 43.9 Å². The SMILES string of the molecule is Cc1nc([C@@H]2CCCCN2C(=O)C(C)(C)C)ncc1C(=O)NCc1ccc(F)cc1. The van der Waals surface area contributed by atoms with E-state index in [9.17, 15) is 14.0 Å². The van der Waals surface area contributed by atoms with E-state index >= 15 is 0 Å². The number of aryl methyl sites for hydroxylation is 1. The number of likely N-dealkylation sites (tertiary alicyclic amines) is 1. The third-order valence-electron chi connectivity index (χ3n) is 5.31. The lowest BCUT2D eigenvalue weighted by Crippen LogP contribution is -2.44. The molecule has 1 N–H and O–H groups in total. The molecule has 0 spiro atoms. The summed E-state index contributed by atoms with van der Waals surface area (Å²) in [6.45, 7) is 8.52. The fraction of sp³-hybridized carbons (Fsp3) is 0.478. The van der Waals surface area contributed by atoms with Crippen molar-refractivity contribution in [3.8, 4) is 0 Å². The Morgan fingerprint density at radius 3 is 2.53 bits per heavy atom. The summed E-state index contributed by atoms with van der Waals surface area (Å²) in [7, 11) is 0.